The Bertz CT molecular complexity index is 1400. The molecule has 1 atom stereocenters. The number of aryl methyl sites for hydroxylation is 1. The van der Waals surface area contributed by atoms with Crippen LogP contribution in [0.2, 0.25) is 0 Å². The number of amides is 1. The van der Waals surface area contributed by atoms with Crippen molar-refractivity contribution in [2.75, 3.05) is 41.2 Å². The summed E-state index contributed by atoms with van der Waals surface area (Å²) < 4.78 is 27.9. The summed E-state index contributed by atoms with van der Waals surface area (Å²) >= 11 is 0. The van der Waals surface area contributed by atoms with Crippen LogP contribution in [0, 0.1) is 6.92 Å². The minimum absolute atomic E-state index is 0.199. The lowest BCUT2D eigenvalue weighted by Crippen LogP contribution is -2.51. The highest BCUT2D eigenvalue weighted by Gasteiger charge is 2.33. The van der Waals surface area contributed by atoms with Crippen LogP contribution in [0.15, 0.2) is 30.5 Å². The van der Waals surface area contributed by atoms with E-state index in [0.717, 1.165) is 42.6 Å². The van der Waals surface area contributed by atoms with Gasteiger partial charge in [-0.1, -0.05) is 0 Å². The maximum absolute atomic E-state index is 13.7. The Morgan fingerprint density at radius 1 is 1.23 bits per heavy atom. The third kappa shape index (κ3) is 4.63. The van der Waals surface area contributed by atoms with Gasteiger partial charge in [-0.2, -0.15) is 5.10 Å². The van der Waals surface area contributed by atoms with E-state index in [-0.39, 0.29) is 29.3 Å². The molecule has 0 aliphatic carbocycles. The molecule has 2 aliphatic rings. The Morgan fingerprint density at radius 2 is 2.00 bits per heavy atom. The van der Waals surface area contributed by atoms with Crippen LogP contribution in [-0.4, -0.2) is 70.9 Å². The van der Waals surface area contributed by atoms with Crippen LogP contribution in [0.3, 0.4) is 0 Å². The summed E-state index contributed by atoms with van der Waals surface area (Å²) in [6, 6.07) is 6.19. The molecule has 4 heterocycles. The third-order valence-corrected chi connectivity index (χ3v) is 7.05. The molecule has 5 rings (SSSR count). The van der Waals surface area contributed by atoms with Gasteiger partial charge in [-0.15, -0.1) is 0 Å². The number of β-amino-alcohol motifs (C(OH)–C–C–N with tert-alkyl or cyclic N) is 1. The number of nitrogens with zero attached hydrogens (tertiary/aromatic N) is 5. The van der Waals surface area contributed by atoms with Crippen LogP contribution in [0.25, 0.3) is 5.65 Å². The van der Waals surface area contributed by atoms with E-state index in [4.69, 9.17) is 15.8 Å². The van der Waals surface area contributed by atoms with Crippen molar-refractivity contribution in [1.29, 1.82) is 0 Å². The number of carbonyl (C=O) groups is 1. The smallest absolute Gasteiger partial charge is 0.256 e. The summed E-state index contributed by atoms with van der Waals surface area (Å²) in [5.74, 6) is 0.520. The molecule has 1 amide bonds. The number of carbonyl (C=O) groups excluding carboxylic acids is 1. The van der Waals surface area contributed by atoms with Crippen molar-refractivity contribution < 1.29 is 18.3 Å². The van der Waals surface area contributed by atoms with Gasteiger partial charge in [0.05, 0.1) is 35.3 Å². The standard InChI is InChI=1S/C23H29N7O4S/c1-14-11-30-21(25-22(14)28-12-16(31)13-28)10-19(26-30)20-5-3-4-8-29(20)23(32)17-9-15(24)6-7-18(17)27-35(2,33)34/h6-7,9-11,16,20,27,31H,3-5,8,12-13,24H2,1-2H3/t20-/m0/s1. The van der Waals surface area contributed by atoms with Crippen molar-refractivity contribution in [2.24, 2.45) is 0 Å². The Balaban J connectivity index is 1.49. The first-order valence-electron chi connectivity index (χ1n) is 11.6. The predicted molar refractivity (Wildman–Crippen MR) is 133 cm³/mol. The van der Waals surface area contributed by atoms with E-state index in [9.17, 15) is 18.3 Å². The Kier molecular flexibility index (Phi) is 5.80. The highest BCUT2D eigenvalue weighted by molar-refractivity contribution is 7.92. The van der Waals surface area contributed by atoms with Crippen LogP contribution in [-0.2, 0) is 10.0 Å². The van der Waals surface area contributed by atoms with E-state index < -0.39 is 10.0 Å². The van der Waals surface area contributed by atoms with E-state index in [1.165, 1.54) is 12.1 Å². The molecule has 0 spiro atoms. The molecule has 3 aromatic rings. The number of hydrogen-bond acceptors (Lipinski definition) is 8. The first kappa shape index (κ1) is 23.4. The van der Waals surface area contributed by atoms with Crippen molar-refractivity contribution in [3.05, 3.63) is 47.3 Å². The minimum atomic E-state index is -3.58. The number of benzene rings is 1. The summed E-state index contributed by atoms with van der Waals surface area (Å²) in [5.41, 5.74) is 9.07. The quantitative estimate of drug-likeness (QED) is 0.448. The Morgan fingerprint density at radius 3 is 2.71 bits per heavy atom. The fraction of sp³-hybridized carbons (Fsp3) is 0.435. The minimum Gasteiger partial charge on any atom is -0.399 e. The van der Waals surface area contributed by atoms with Gasteiger partial charge >= 0.3 is 0 Å². The lowest BCUT2D eigenvalue weighted by Gasteiger charge is -2.37. The number of aliphatic hydroxyl groups is 1. The number of nitrogens with two attached hydrogens (primary N) is 1. The number of anilines is 3. The summed E-state index contributed by atoms with van der Waals surface area (Å²) in [4.78, 5) is 22.2. The number of fused-ring (bicyclic) bond motifs is 1. The van der Waals surface area contributed by atoms with Crippen molar-refractivity contribution in [2.45, 2.75) is 38.3 Å². The first-order valence-corrected chi connectivity index (χ1v) is 13.5. The number of hydrogen-bond donors (Lipinski definition) is 3. The zero-order valence-electron chi connectivity index (χ0n) is 19.7. The maximum Gasteiger partial charge on any atom is 0.256 e. The first-order chi connectivity index (χ1) is 16.6. The fourth-order valence-corrected chi connectivity index (χ4v) is 5.37. The van der Waals surface area contributed by atoms with Crippen LogP contribution < -0.4 is 15.4 Å². The second kappa shape index (κ2) is 8.68. The number of aliphatic hydroxyl groups excluding tert-OH is 1. The molecule has 0 saturated carbocycles. The lowest BCUT2D eigenvalue weighted by molar-refractivity contribution is 0.0607. The molecule has 35 heavy (non-hydrogen) atoms. The number of rotatable bonds is 5. The van der Waals surface area contributed by atoms with Gasteiger partial charge in [-0.3, -0.25) is 9.52 Å². The molecule has 0 radical (unpaired) electrons. The van der Waals surface area contributed by atoms with Crippen molar-refractivity contribution in [3.8, 4) is 0 Å². The van der Waals surface area contributed by atoms with Gasteiger partial charge in [0.25, 0.3) is 5.91 Å². The van der Waals surface area contributed by atoms with Gasteiger partial charge in [0.2, 0.25) is 10.0 Å². The van der Waals surface area contributed by atoms with Gasteiger partial charge in [0.15, 0.2) is 5.65 Å². The van der Waals surface area contributed by atoms with Gasteiger partial charge in [-0.05, 0) is 44.4 Å². The number of nitrogens with one attached hydrogen (secondary N) is 1. The normalized spacial score (nSPS) is 19.1. The predicted octanol–water partition coefficient (Wildman–Crippen LogP) is 1.54. The van der Waals surface area contributed by atoms with E-state index in [2.05, 4.69) is 4.72 Å². The lowest BCUT2D eigenvalue weighted by atomic mass is 9.97. The van der Waals surface area contributed by atoms with Crippen LogP contribution in [0.4, 0.5) is 17.2 Å². The van der Waals surface area contributed by atoms with Crippen molar-refractivity contribution in [3.63, 3.8) is 0 Å². The molecule has 0 unspecified atom stereocenters. The molecule has 2 aromatic heterocycles. The zero-order valence-corrected chi connectivity index (χ0v) is 20.5. The molecule has 12 heteroatoms. The summed E-state index contributed by atoms with van der Waals surface area (Å²) in [6.45, 7) is 3.59. The number of likely N-dealkylation sites (tertiary alicyclic amines) is 1. The largest absolute Gasteiger partial charge is 0.399 e. The monoisotopic (exact) mass is 499 g/mol. The van der Waals surface area contributed by atoms with Crippen molar-refractivity contribution >= 4 is 38.8 Å². The molecule has 1 aromatic carbocycles. The highest BCUT2D eigenvalue weighted by Crippen LogP contribution is 2.34. The molecule has 186 valence electrons. The zero-order chi connectivity index (χ0) is 24.9. The number of piperidine rings is 1. The van der Waals surface area contributed by atoms with E-state index >= 15 is 0 Å². The van der Waals surface area contributed by atoms with Gasteiger partial charge < -0.3 is 20.6 Å². The van der Waals surface area contributed by atoms with Crippen LogP contribution >= 0.6 is 0 Å². The number of sulfonamides is 1. The molecule has 4 N–H and O–H groups in total. The van der Waals surface area contributed by atoms with E-state index in [1.54, 1.807) is 15.5 Å². The third-order valence-electron chi connectivity index (χ3n) is 6.46. The second-order valence-corrected chi connectivity index (χ2v) is 11.1. The molecular formula is C23H29N7O4S. The van der Waals surface area contributed by atoms with Crippen LogP contribution in [0.1, 0.15) is 46.9 Å². The fourth-order valence-electron chi connectivity index (χ4n) is 4.79. The van der Waals surface area contributed by atoms with Gasteiger partial charge in [0, 0.05) is 43.1 Å². The van der Waals surface area contributed by atoms with E-state index in [1.807, 2.05) is 24.1 Å². The van der Waals surface area contributed by atoms with E-state index in [0.29, 0.717) is 31.0 Å². The number of nitrogen functional groups attached to an aromatic ring is 1. The average molecular weight is 500 g/mol. The highest BCUT2D eigenvalue weighted by atomic mass is 32.2. The Labute approximate surface area is 203 Å². The average Bonchev–Trinajstić information content (AvgIpc) is 3.19. The number of aromatic nitrogens is 3. The summed E-state index contributed by atoms with van der Waals surface area (Å²) in [6.07, 6.45) is 5.14. The Hall–Kier alpha value is -3.38. The maximum atomic E-state index is 13.7. The van der Waals surface area contributed by atoms with Crippen molar-refractivity contribution in [1.82, 2.24) is 19.5 Å². The summed E-state index contributed by atoms with van der Waals surface area (Å²) in [5, 5.41) is 14.4. The SMILES string of the molecule is Cc1cn2nc([C@@H]3CCCCN3C(=O)c3cc(N)ccc3NS(C)(=O)=O)cc2nc1N1CC(O)C1. The molecule has 11 nitrogen and oxygen atoms in total. The molecule has 2 saturated heterocycles. The summed E-state index contributed by atoms with van der Waals surface area (Å²) in [7, 11) is -3.58. The molecule has 2 aliphatic heterocycles. The van der Waals surface area contributed by atoms with Gasteiger partial charge in [0.1, 0.15) is 5.82 Å². The van der Waals surface area contributed by atoms with Gasteiger partial charge in [-0.25, -0.2) is 17.9 Å². The van der Waals surface area contributed by atoms with Crippen LogP contribution in [0.5, 0.6) is 0 Å². The second-order valence-electron chi connectivity index (χ2n) is 9.37. The molecule has 0 bridgehead atoms. The molecular weight excluding hydrogens is 470 g/mol. The molecule has 2 fully saturated rings. The topological polar surface area (TPSA) is 146 Å².